The molecule has 0 aliphatic carbocycles. The van der Waals surface area contributed by atoms with Crippen LogP contribution in [0.4, 0.5) is 0 Å². The fraction of sp³-hybridized carbons (Fsp3) is 0.375. The normalized spacial score (nSPS) is 18.2. The first-order chi connectivity index (χ1) is 11.1. The minimum atomic E-state index is -0.578. The van der Waals surface area contributed by atoms with Gasteiger partial charge in [-0.2, -0.15) is 0 Å². The second kappa shape index (κ2) is 5.21. The lowest BCUT2D eigenvalue weighted by Crippen LogP contribution is -2.46. The summed E-state index contributed by atoms with van der Waals surface area (Å²) in [5.74, 6) is 3.49. The minimum absolute atomic E-state index is 0.163. The van der Waals surface area contributed by atoms with Gasteiger partial charge >= 0.3 is 0 Å². The fourth-order valence-corrected chi connectivity index (χ4v) is 6.56. The molecule has 23 heavy (non-hydrogen) atoms. The molecule has 0 unspecified atom stereocenters. The van der Waals surface area contributed by atoms with Crippen LogP contribution in [-0.4, -0.2) is 25.7 Å². The van der Waals surface area contributed by atoms with Gasteiger partial charge in [0.2, 0.25) is 11.2 Å². The van der Waals surface area contributed by atoms with Crippen molar-refractivity contribution in [3.05, 3.63) is 43.7 Å². The third-order valence-corrected chi connectivity index (χ3v) is 7.51. The van der Waals surface area contributed by atoms with Crippen molar-refractivity contribution in [3.8, 4) is 23.0 Å². The van der Waals surface area contributed by atoms with E-state index < -0.39 is 14.9 Å². The molecule has 2 aliphatic rings. The van der Waals surface area contributed by atoms with Crippen LogP contribution in [0.2, 0.25) is 0 Å². The van der Waals surface area contributed by atoms with Crippen molar-refractivity contribution < 1.29 is 14.2 Å². The SMILES string of the molecule is COc1ccc2c(c1OC)Oc1c(c(=O)c1=O)C21SCCCS1. The van der Waals surface area contributed by atoms with E-state index in [-0.39, 0.29) is 5.75 Å². The lowest BCUT2D eigenvalue weighted by Gasteiger charge is -2.41. The molecule has 0 aromatic heterocycles. The van der Waals surface area contributed by atoms with E-state index >= 15 is 0 Å². The monoisotopic (exact) mass is 350 g/mol. The zero-order chi connectivity index (χ0) is 16.2. The van der Waals surface area contributed by atoms with E-state index in [9.17, 15) is 9.59 Å². The third-order valence-electron chi connectivity index (χ3n) is 4.15. The summed E-state index contributed by atoms with van der Waals surface area (Å²) in [6, 6.07) is 3.72. The second-order valence-electron chi connectivity index (χ2n) is 5.31. The molecule has 0 radical (unpaired) electrons. The topological polar surface area (TPSA) is 61.8 Å². The van der Waals surface area contributed by atoms with E-state index in [1.165, 1.54) is 7.11 Å². The third kappa shape index (κ3) is 1.83. The van der Waals surface area contributed by atoms with E-state index in [1.807, 2.05) is 12.1 Å². The number of benzene rings is 1. The van der Waals surface area contributed by atoms with Crippen LogP contribution in [0.5, 0.6) is 23.0 Å². The van der Waals surface area contributed by atoms with Gasteiger partial charge in [0.05, 0.1) is 19.8 Å². The number of ether oxygens (including phenoxy) is 3. The van der Waals surface area contributed by atoms with Crippen LogP contribution in [0.15, 0.2) is 21.7 Å². The smallest absolute Gasteiger partial charge is 0.269 e. The predicted octanol–water partition coefficient (Wildman–Crippen LogP) is 2.48. The molecule has 4 rings (SSSR count). The Hall–Kier alpha value is -1.60. The number of hydrogen-bond acceptors (Lipinski definition) is 7. The van der Waals surface area contributed by atoms with Crippen molar-refractivity contribution in [1.29, 1.82) is 0 Å². The fourth-order valence-electron chi connectivity index (χ4n) is 3.10. The molecular weight excluding hydrogens is 336 g/mol. The predicted molar refractivity (Wildman–Crippen MR) is 91.3 cm³/mol. The quantitative estimate of drug-likeness (QED) is 0.771. The maximum atomic E-state index is 12.2. The lowest BCUT2D eigenvalue weighted by atomic mass is 9.94. The Morgan fingerprint density at radius 2 is 1.78 bits per heavy atom. The molecule has 5 nitrogen and oxygen atoms in total. The summed E-state index contributed by atoms with van der Waals surface area (Å²) in [5, 5.41) is 0. The molecule has 0 bridgehead atoms. The highest BCUT2D eigenvalue weighted by atomic mass is 32.2. The van der Waals surface area contributed by atoms with Gasteiger partial charge in [0.1, 0.15) is 4.08 Å². The Balaban J connectivity index is 2.01. The Kier molecular flexibility index (Phi) is 3.39. The highest BCUT2D eigenvalue weighted by Gasteiger charge is 2.51. The zero-order valence-electron chi connectivity index (χ0n) is 12.6. The molecule has 2 aromatic rings. The molecule has 0 atom stereocenters. The molecule has 1 saturated heterocycles. The van der Waals surface area contributed by atoms with Gasteiger partial charge in [-0.05, 0) is 30.1 Å². The molecule has 2 aliphatic heterocycles. The van der Waals surface area contributed by atoms with Gasteiger partial charge in [-0.15, -0.1) is 23.5 Å². The molecule has 120 valence electrons. The summed E-state index contributed by atoms with van der Waals surface area (Å²) in [5.41, 5.74) is 0.380. The lowest BCUT2D eigenvalue weighted by molar-refractivity contribution is 0.329. The first-order valence-electron chi connectivity index (χ1n) is 7.19. The maximum Gasteiger partial charge on any atom is 0.269 e. The van der Waals surface area contributed by atoms with Crippen LogP contribution in [0, 0.1) is 0 Å². The highest BCUT2D eigenvalue weighted by molar-refractivity contribution is 8.18. The van der Waals surface area contributed by atoms with E-state index in [0.29, 0.717) is 22.8 Å². The number of thioether (sulfide) groups is 2. The van der Waals surface area contributed by atoms with Crippen molar-refractivity contribution in [1.82, 2.24) is 0 Å². The molecule has 7 heteroatoms. The van der Waals surface area contributed by atoms with Gasteiger partial charge in [0.15, 0.2) is 17.2 Å². The molecule has 2 aromatic carbocycles. The molecular formula is C16H14O5S2. The van der Waals surface area contributed by atoms with Crippen molar-refractivity contribution in [2.75, 3.05) is 25.7 Å². The number of hydrogen-bond donors (Lipinski definition) is 0. The average molecular weight is 350 g/mol. The first-order valence-corrected chi connectivity index (χ1v) is 9.16. The molecule has 0 N–H and O–H groups in total. The highest BCUT2D eigenvalue weighted by Crippen LogP contribution is 2.63. The van der Waals surface area contributed by atoms with Crippen molar-refractivity contribution in [3.63, 3.8) is 0 Å². The van der Waals surface area contributed by atoms with Gasteiger partial charge in [-0.3, -0.25) is 9.59 Å². The van der Waals surface area contributed by atoms with Crippen LogP contribution >= 0.6 is 23.5 Å². The number of rotatable bonds is 2. The Labute approximate surface area is 141 Å². The number of fused-ring (bicyclic) bond motifs is 4. The second-order valence-corrected chi connectivity index (χ2v) is 8.19. The summed E-state index contributed by atoms with van der Waals surface area (Å²) in [6.07, 6.45) is 1.07. The van der Waals surface area contributed by atoms with Gasteiger partial charge in [-0.25, -0.2) is 0 Å². The molecule has 0 saturated carbocycles. The Morgan fingerprint density at radius 3 is 2.43 bits per heavy atom. The molecule has 1 spiro atoms. The van der Waals surface area contributed by atoms with E-state index in [2.05, 4.69) is 0 Å². The van der Waals surface area contributed by atoms with Crippen molar-refractivity contribution in [2.24, 2.45) is 0 Å². The largest absolute Gasteiger partial charge is 0.493 e. The van der Waals surface area contributed by atoms with Crippen LogP contribution in [0.3, 0.4) is 0 Å². The van der Waals surface area contributed by atoms with Gasteiger partial charge in [0.25, 0.3) is 5.43 Å². The van der Waals surface area contributed by atoms with Crippen LogP contribution < -0.4 is 25.1 Å². The standard InChI is InChI=1S/C16H14O5S2/c1-19-9-5-4-8-13(14(9)20-2)21-15-10(11(17)12(15)18)16(8)22-6-3-7-23-16/h4-5H,3,6-7H2,1-2H3. The number of methoxy groups -OCH3 is 2. The first kappa shape index (κ1) is 15.0. The Bertz CT molecular complexity index is 860. The van der Waals surface area contributed by atoms with E-state index in [1.54, 1.807) is 30.6 Å². The minimum Gasteiger partial charge on any atom is -0.493 e. The summed E-state index contributed by atoms with van der Waals surface area (Å²) in [4.78, 5) is 24.1. The summed E-state index contributed by atoms with van der Waals surface area (Å²) in [7, 11) is 3.09. The van der Waals surface area contributed by atoms with Gasteiger partial charge < -0.3 is 14.2 Å². The zero-order valence-corrected chi connectivity index (χ0v) is 14.3. The van der Waals surface area contributed by atoms with Gasteiger partial charge in [-0.1, -0.05) is 0 Å². The van der Waals surface area contributed by atoms with Crippen molar-refractivity contribution >= 4 is 23.5 Å². The average Bonchev–Trinajstić information content (AvgIpc) is 2.60. The summed E-state index contributed by atoms with van der Waals surface area (Å²) >= 11 is 3.37. The van der Waals surface area contributed by atoms with Gasteiger partial charge in [0, 0.05) is 5.56 Å². The summed E-state index contributed by atoms with van der Waals surface area (Å²) < 4.78 is 16.0. The molecule has 2 heterocycles. The maximum absolute atomic E-state index is 12.2. The Morgan fingerprint density at radius 1 is 1.04 bits per heavy atom. The van der Waals surface area contributed by atoms with Crippen molar-refractivity contribution in [2.45, 2.75) is 10.5 Å². The van der Waals surface area contributed by atoms with E-state index in [4.69, 9.17) is 14.2 Å². The van der Waals surface area contributed by atoms with Crippen LogP contribution in [-0.2, 0) is 4.08 Å². The van der Waals surface area contributed by atoms with E-state index in [0.717, 1.165) is 23.5 Å². The van der Waals surface area contributed by atoms with Crippen LogP contribution in [0.1, 0.15) is 17.5 Å². The molecule has 0 amide bonds. The molecule has 1 fully saturated rings. The van der Waals surface area contributed by atoms with Crippen LogP contribution in [0.25, 0.3) is 0 Å². The summed E-state index contributed by atoms with van der Waals surface area (Å²) in [6.45, 7) is 0.